The van der Waals surface area contributed by atoms with Gasteiger partial charge in [-0.2, -0.15) is 0 Å². The number of rotatable bonds is 10. The van der Waals surface area contributed by atoms with Crippen molar-refractivity contribution in [3.8, 4) is 11.5 Å². The molecule has 3 rings (SSSR count). The fourth-order valence-corrected chi connectivity index (χ4v) is 3.76. The Labute approximate surface area is 183 Å². The Balaban J connectivity index is 1.64. The minimum atomic E-state index is -0.712. The summed E-state index contributed by atoms with van der Waals surface area (Å²) in [5.74, 6) is 0.749. The molecule has 0 saturated carbocycles. The monoisotopic (exact) mass is 430 g/mol. The van der Waals surface area contributed by atoms with Crippen molar-refractivity contribution in [2.45, 2.75) is 64.6 Å². The third kappa shape index (κ3) is 6.96. The van der Waals surface area contributed by atoms with Crippen LogP contribution in [0, 0.1) is 12.7 Å². The molecule has 0 radical (unpaired) electrons. The van der Waals surface area contributed by atoms with Gasteiger partial charge in [-0.25, -0.2) is 4.39 Å². The summed E-state index contributed by atoms with van der Waals surface area (Å²) in [6.07, 6.45) is 1.99. The maximum absolute atomic E-state index is 14.3. The highest BCUT2D eigenvalue weighted by molar-refractivity contribution is 5.71. The highest BCUT2D eigenvalue weighted by Crippen LogP contribution is 2.29. The molecule has 0 bridgehead atoms. The number of hydrogen-bond donors (Lipinski definition) is 1. The highest BCUT2D eigenvalue weighted by Gasteiger charge is 2.28. The van der Waals surface area contributed by atoms with E-state index in [-0.39, 0.29) is 18.8 Å². The maximum atomic E-state index is 14.3. The summed E-state index contributed by atoms with van der Waals surface area (Å²) in [4.78, 5) is 11.6. The SMILES string of the molecule is CCCc1cc(F)cc(CCCOc2ccc(C)cc2)c1OCC1CC(O)CC(=O)O1. The van der Waals surface area contributed by atoms with Gasteiger partial charge in [0.1, 0.15) is 30.0 Å². The molecule has 0 aromatic heterocycles. The van der Waals surface area contributed by atoms with E-state index in [9.17, 15) is 14.3 Å². The lowest BCUT2D eigenvalue weighted by Crippen LogP contribution is -2.36. The second-order valence-electron chi connectivity index (χ2n) is 8.08. The topological polar surface area (TPSA) is 65.0 Å². The fourth-order valence-electron chi connectivity index (χ4n) is 3.76. The van der Waals surface area contributed by atoms with Gasteiger partial charge in [0, 0.05) is 6.42 Å². The number of carbonyl (C=O) groups is 1. The minimum Gasteiger partial charge on any atom is -0.494 e. The van der Waals surface area contributed by atoms with Crippen LogP contribution in [0.15, 0.2) is 36.4 Å². The average molecular weight is 431 g/mol. The molecule has 2 unspecified atom stereocenters. The number of aliphatic hydroxyl groups excluding tert-OH is 1. The Morgan fingerprint density at radius 2 is 1.84 bits per heavy atom. The van der Waals surface area contributed by atoms with E-state index >= 15 is 0 Å². The number of benzene rings is 2. The highest BCUT2D eigenvalue weighted by atomic mass is 19.1. The van der Waals surface area contributed by atoms with E-state index in [1.807, 2.05) is 38.1 Å². The van der Waals surface area contributed by atoms with Crippen LogP contribution < -0.4 is 9.47 Å². The van der Waals surface area contributed by atoms with Crippen LogP contribution in [0.1, 0.15) is 49.3 Å². The van der Waals surface area contributed by atoms with Gasteiger partial charge in [-0.1, -0.05) is 31.0 Å². The van der Waals surface area contributed by atoms with Crippen molar-refractivity contribution in [2.75, 3.05) is 13.2 Å². The summed E-state index contributed by atoms with van der Waals surface area (Å²) in [7, 11) is 0. The first kappa shape index (κ1) is 23.1. The van der Waals surface area contributed by atoms with Crippen LogP contribution in [-0.2, 0) is 22.4 Å². The molecule has 2 aromatic carbocycles. The lowest BCUT2D eigenvalue weighted by atomic mass is 10.0. The van der Waals surface area contributed by atoms with E-state index in [4.69, 9.17) is 14.2 Å². The summed E-state index contributed by atoms with van der Waals surface area (Å²) in [5.41, 5.74) is 2.76. The molecule has 1 saturated heterocycles. The summed E-state index contributed by atoms with van der Waals surface area (Å²) in [6, 6.07) is 10.9. The number of aliphatic hydroxyl groups is 1. The summed E-state index contributed by atoms with van der Waals surface area (Å²) >= 11 is 0. The van der Waals surface area contributed by atoms with E-state index < -0.39 is 18.2 Å². The molecule has 6 heteroatoms. The Morgan fingerprint density at radius 3 is 2.52 bits per heavy atom. The van der Waals surface area contributed by atoms with Crippen molar-refractivity contribution < 1.29 is 28.5 Å². The molecule has 1 N–H and O–H groups in total. The zero-order chi connectivity index (χ0) is 22.2. The lowest BCUT2D eigenvalue weighted by Gasteiger charge is -2.27. The van der Waals surface area contributed by atoms with E-state index in [1.165, 1.54) is 17.7 Å². The molecule has 0 spiro atoms. The third-order valence-corrected chi connectivity index (χ3v) is 5.26. The first-order valence-electron chi connectivity index (χ1n) is 11.0. The minimum absolute atomic E-state index is 0.0143. The second-order valence-corrected chi connectivity index (χ2v) is 8.08. The molecule has 1 aliphatic rings. The Hall–Kier alpha value is -2.60. The largest absolute Gasteiger partial charge is 0.494 e. The molecule has 0 amide bonds. The zero-order valence-electron chi connectivity index (χ0n) is 18.2. The Bertz CT molecular complexity index is 865. The quantitative estimate of drug-likeness (QED) is 0.443. The predicted molar refractivity (Wildman–Crippen MR) is 116 cm³/mol. The zero-order valence-corrected chi connectivity index (χ0v) is 18.2. The van der Waals surface area contributed by atoms with Gasteiger partial charge in [0.05, 0.1) is 19.1 Å². The molecule has 2 atom stereocenters. The fraction of sp³-hybridized carbons (Fsp3) is 0.480. The smallest absolute Gasteiger partial charge is 0.308 e. The van der Waals surface area contributed by atoms with E-state index in [0.29, 0.717) is 38.0 Å². The number of cyclic esters (lactones) is 1. The Kier molecular flexibility index (Phi) is 8.29. The number of hydrogen-bond acceptors (Lipinski definition) is 5. The molecule has 1 heterocycles. The van der Waals surface area contributed by atoms with Crippen molar-refractivity contribution in [3.63, 3.8) is 0 Å². The summed E-state index contributed by atoms with van der Waals surface area (Å²) in [6.45, 7) is 4.70. The molecular formula is C25H31FO5. The molecule has 31 heavy (non-hydrogen) atoms. The number of carbonyl (C=O) groups excluding carboxylic acids is 1. The van der Waals surface area contributed by atoms with Crippen LogP contribution in [0.25, 0.3) is 0 Å². The van der Waals surface area contributed by atoms with Crippen LogP contribution in [-0.4, -0.2) is 36.5 Å². The lowest BCUT2D eigenvalue weighted by molar-refractivity contribution is -0.162. The number of aryl methyl sites for hydroxylation is 3. The van der Waals surface area contributed by atoms with Crippen LogP contribution in [0.5, 0.6) is 11.5 Å². The molecule has 5 nitrogen and oxygen atoms in total. The number of esters is 1. The van der Waals surface area contributed by atoms with Crippen LogP contribution >= 0.6 is 0 Å². The van der Waals surface area contributed by atoms with Crippen LogP contribution in [0.4, 0.5) is 4.39 Å². The average Bonchev–Trinajstić information content (AvgIpc) is 2.71. The van der Waals surface area contributed by atoms with Gasteiger partial charge in [0.2, 0.25) is 0 Å². The van der Waals surface area contributed by atoms with Crippen LogP contribution in [0.3, 0.4) is 0 Å². The van der Waals surface area contributed by atoms with Gasteiger partial charge in [0.25, 0.3) is 0 Å². The van der Waals surface area contributed by atoms with Crippen molar-refractivity contribution in [2.24, 2.45) is 0 Å². The van der Waals surface area contributed by atoms with E-state index in [1.54, 1.807) is 0 Å². The first-order valence-corrected chi connectivity index (χ1v) is 11.0. The second kappa shape index (κ2) is 11.1. The summed E-state index contributed by atoms with van der Waals surface area (Å²) < 4.78 is 31.4. The first-order chi connectivity index (χ1) is 14.9. The van der Waals surface area contributed by atoms with Gasteiger partial charge in [0.15, 0.2) is 0 Å². The standard InChI is InChI=1S/C25H31FO5/c1-3-5-18-12-20(26)13-19(6-4-11-29-22-9-7-17(2)8-10-22)25(18)30-16-23-14-21(27)15-24(28)31-23/h7-10,12-13,21,23,27H,3-6,11,14-16H2,1-2H3. The number of halogens is 1. The molecule has 2 aromatic rings. The third-order valence-electron chi connectivity index (χ3n) is 5.26. The Morgan fingerprint density at radius 1 is 1.13 bits per heavy atom. The number of ether oxygens (including phenoxy) is 3. The van der Waals surface area contributed by atoms with E-state index in [0.717, 1.165) is 23.3 Å². The molecule has 0 aliphatic carbocycles. The van der Waals surface area contributed by atoms with Crippen molar-refractivity contribution in [3.05, 3.63) is 58.9 Å². The predicted octanol–water partition coefficient (Wildman–Crippen LogP) is 4.54. The van der Waals surface area contributed by atoms with Gasteiger partial charge in [-0.15, -0.1) is 0 Å². The molecule has 168 valence electrons. The van der Waals surface area contributed by atoms with Gasteiger partial charge in [-0.05, 0) is 61.6 Å². The van der Waals surface area contributed by atoms with Crippen LogP contribution in [0.2, 0.25) is 0 Å². The van der Waals surface area contributed by atoms with E-state index in [2.05, 4.69) is 0 Å². The van der Waals surface area contributed by atoms with Crippen molar-refractivity contribution in [1.29, 1.82) is 0 Å². The molecule has 1 fully saturated rings. The molecule has 1 aliphatic heterocycles. The van der Waals surface area contributed by atoms with Crippen molar-refractivity contribution >= 4 is 5.97 Å². The van der Waals surface area contributed by atoms with Gasteiger partial charge in [-0.3, -0.25) is 4.79 Å². The van der Waals surface area contributed by atoms with Crippen molar-refractivity contribution in [1.82, 2.24) is 0 Å². The van der Waals surface area contributed by atoms with Gasteiger partial charge < -0.3 is 19.3 Å². The maximum Gasteiger partial charge on any atom is 0.308 e. The molecular weight excluding hydrogens is 399 g/mol. The van der Waals surface area contributed by atoms with Gasteiger partial charge >= 0.3 is 5.97 Å². The normalized spacial score (nSPS) is 18.5. The summed E-state index contributed by atoms with van der Waals surface area (Å²) in [5, 5.41) is 9.81.